The van der Waals surface area contributed by atoms with E-state index in [2.05, 4.69) is 177 Å². The lowest BCUT2D eigenvalue weighted by Gasteiger charge is -2.35. The lowest BCUT2D eigenvalue weighted by atomic mass is 9.65. The molecule has 0 fully saturated rings. The fourth-order valence-electron chi connectivity index (χ4n) is 16.9. The second kappa shape index (κ2) is 35.1. The molecule has 2 aliphatic rings. The van der Waals surface area contributed by atoms with Crippen molar-refractivity contribution in [1.82, 2.24) is 9.97 Å². The Labute approximate surface area is 642 Å². The first-order chi connectivity index (χ1) is 50.4. The molecule has 0 amide bonds. The third-order valence-corrected chi connectivity index (χ3v) is 32.2. The van der Waals surface area contributed by atoms with Gasteiger partial charge in [0.2, 0.25) is 14.2 Å². The van der Waals surface area contributed by atoms with E-state index in [9.17, 15) is 8.42 Å². The number of rotatable bonds is 41. The molecule has 2 aliphatic carbocycles. The Bertz CT molecular complexity index is 4590. The Morgan fingerprint density at radius 1 is 0.320 bits per heavy atom. The van der Waals surface area contributed by atoms with Crippen molar-refractivity contribution in [2.24, 2.45) is 0 Å². The highest BCUT2D eigenvalue weighted by atomic mass is 32.2. The number of unbranched alkanes of at least 4 members (excludes halogenated alkanes) is 22. The number of hydrogen-bond acceptors (Lipinski definition) is 10. The summed E-state index contributed by atoms with van der Waals surface area (Å²) in [6, 6.07) is 50.5. The van der Waals surface area contributed by atoms with Crippen LogP contribution in [0.25, 0.3) is 60.8 Å². The van der Waals surface area contributed by atoms with Crippen molar-refractivity contribution in [3.8, 4) is 40.4 Å². The van der Waals surface area contributed by atoms with Crippen molar-refractivity contribution in [1.29, 1.82) is 0 Å². The van der Waals surface area contributed by atoms with Gasteiger partial charge in [0.1, 0.15) is 0 Å². The summed E-state index contributed by atoms with van der Waals surface area (Å²) in [5.74, 6) is 0.144. The van der Waals surface area contributed by atoms with Gasteiger partial charge in [0, 0.05) is 29.3 Å². The zero-order valence-corrected chi connectivity index (χ0v) is 68.9. The first-order valence-corrected chi connectivity index (χ1v) is 46.8. The van der Waals surface area contributed by atoms with Gasteiger partial charge in [0.05, 0.1) is 51.8 Å². The lowest BCUT2D eigenvalue weighted by Crippen LogP contribution is -2.30. The normalized spacial score (nSPS) is 13.6. The van der Waals surface area contributed by atoms with Crippen LogP contribution in [0.15, 0.2) is 126 Å². The molecule has 13 rings (SSSR count). The molecule has 6 heterocycles. The Balaban J connectivity index is 1.05. The molecular formula is C92H112N2O2S7. The quantitative estimate of drug-likeness (QED) is 0.0358. The molecule has 4 nitrogen and oxygen atoms in total. The first kappa shape index (κ1) is 75.8. The van der Waals surface area contributed by atoms with E-state index >= 15 is 0 Å². The van der Waals surface area contributed by atoms with E-state index in [4.69, 9.17) is 9.97 Å². The van der Waals surface area contributed by atoms with Gasteiger partial charge >= 0.3 is 0 Å². The summed E-state index contributed by atoms with van der Waals surface area (Å²) < 4.78 is 31.3. The first-order valence-electron chi connectivity index (χ1n) is 40.3. The lowest BCUT2D eigenvalue weighted by molar-refractivity contribution is 0.583. The van der Waals surface area contributed by atoms with Crippen LogP contribution < -0.4 is 0 Å². The summed E-state index contributed by atoms with van der Waals surface area (Å²) in [7, 11) is -3.57. The van der Waals surface area contributed by atoms with E-state index in [1.54, 1.807) is 11.3 Å². The summed E-state index contributed by atoms with van der Waals surface area (Å²) >= 11 is 11.0. The molecule has 0 saturated heterocycles. The van der Waals surface area contributed by atoms with Crippen LogP contribution in [0.4, 0.5) is 0 Å². The van der Waals surface area contributed by atoms with Gasteiger partial charge in [-0.1, -0.05) is 280 Å². The van der Waals surface area contributed by atoms with E-state index in [-0.39, 0.29) is 10.1 Å². The zero-order valence-electron chi connectivity index (χ0n) is 63.2. The Kier molecular flexibility index (Phi) is 25.9. The van der Waals surface area contributed by atoms with Gasteiger partial charge in [-0.2, -0.15) is 0 Å². The molecule has 0 bridgehead atoms. The summed E-state index contributed by atoms with van der Waals surface area (Å²) in [5.41, 5.74) is 19.6. The molecule has 0 radical (unpaired) electrons. The molecule has 11 aromatic rings. The molecule has 0 saturated carbocycles. The SMILES string of the molecule is CCCCCCCCc1nc2c(C)sc(-c3cc4c(s3)-c3cc5c(cc3C4(c3ccc(CCCCCC)cc3)c3ccc(CCCCCC)cc3)-c3sc(-c4sc(C)c6nc(S(=O)(=O)CCCCCCCC)sc46)cc3C5(c3ccc(CCCCCC)cc3)c3ccc(CCCCCC)cc3)c2s1. The van der Waals surface area contributed by atoms with E-state index in [1.165, 1.54) is 288 Å². The largest absolute Gasteiger partial charge is 0.240 e. The molecule has 5 aromatic carbocycles. The van der Waals surface area contributed by atoms with E-state index < -0.39 is 20.7 Å². The van der Waals surface area contributed by atoms with Crippen LogP contribution in [-0.4, -0.2) is 24.1 Å². The van der Waals surface area contributed by atoms with Crippen molar-refractivity contribution < 1.29 is 8.42 Å². The highest BCUT2D eigenvalue weighted by molar-refractivity contribution is 7.93. The van der Waals surface area contributed by atoms with Crippen LogP contribution in [0.2, 0.25) is 0 Å². The molecular weight excluding hydrogens is 1390 g/mol. The molecule has 0 N–H and O–H groups in total. The minimum atomic E-state index is -3.57. The number of fused-ring (bicyclic) bond motifs is 8. The maximum absolute atomic E-state index is 14.4. The summed E-state index contributed by atoms with van der Waals surface area (Å²) in [5, 5.41) is 1.28. The molecule has 0 spiro atoms. The van der Waals surface area contributed by atoms with Crippen LogP contribution in [0.3, 0.4) is 0 Å². The third kappa shape index (κ3) is 15.9. The van der Waals surface area contributed by atoms with Crippen molar-refractivity contribution >= 4 is 98.3 Å². The number of nitrogens with zero attached hydrogens (tertiary/aromatic N) is 2. The molecule has 544 valence electrons. The maximum Gasteiger partial charge on any atom is 0.210 e. The van der Waals surface area contributed by atoms with Gasteiger partial charge in [-0.25, -0.2) is 18.4 Å². The average molecular weight is 1500 g/mol. The minimum absolute atomic E-state index is 0.144. The Hall–Kier alpha value is -5.37. The smallest absolute Gasteiger partial charge is 0.210 e. The summed E-state index contributed by atoms with van der Waals surface area (Å²) in [4.78, 5) is 20.6. The summed E-state index contributed by atoms with van der Waals surface area (Å²) in [6.45, 7) is 18.2. The standard InChI is InChI=1S/C92H112N2O2S7/c1-9-15-21-27-29-35-41-81-93-82-63(7)97-86(88(82)101-81)79-61-77-84(99-79)73-59-76-74(60-75(73)91(77,69-50-42-65(43-51-69)37-31-23-17-11-3)70-52-44-66(45-53-70)38-32-24-18-12-4)85-78(62-80(100-85)87-89-83(64(8)98-87)94-90(102-89)103(95,96)58-36-30-28-22-16-10-2)92(76,71-54-46-67(47-55-71)39-33-25-19-13-5)72-56-48-68(49-57-72)40-34-26-20-14-6/h42-57,59-62H,9-41,58H2,1-8H3. The number of thiazole rings is 2. The number of benzene rings is 5. The van der Waals surface area contributed by atoms with Crippen LogP contribution in [0, 0.1) is 13.8 Å². The number of sulfone groups is 1. The molecule has 0 unspecified atom stereocenters. The highest BCUT2D eigenvalue weighted by Crippen LogP contribution is 2.67. The van der Waals surface area contributed by atoms with Gasteiger partial charge in [0.15, 0.2) is 0 Å². The van der Waals surface area contributed by atoms with Gasteiger partial charge in [-0.05, 0) is 187 Å². The van der Waals surface area contributed by atoms with E-state index in [1.807, 2.05) is 45.3 Å². The van der Waals surface area contributed by atoms with Crippen molar-refractivity contribution in [3.63, 3.8) is 0 Å². The van der Waals surface area contributed by atoms with Gasteiger partial charge in [0.25, 0.3) is 0 Å². The third-order valence-electron chi connectivity index (χ3n) is 22.6. The maximum atomic E-state index is 14.4. The zero-order chi connectivity index (χ0) is 71.5. The Morgan fingerprint density at radius 2 is 0.641 bits per heavy atom. The molecule has 0 aliphatic heterocycles. The fraction of sp³-hybridized carbons (Fsp3) is 0.478. The van der Waals surface area contributed by atoms with Gasteiger partial charge in [-0.15, -0.1) is 68.0 Å². The van der Waals surface area contributed by atoms with Crippen molar-refractivity contribution in [2.75, 3.05) is 5.75 Å². The minimum Gasteiger partial charge on any atom is -0.240 e. The fourth-order valence-corrected chi connectivity index (χ4v) is 26.2. The molecule has 103 heavy (non-hydrogen) atoms. The number of aromatic nitrogens is 2. The van der Waals surface area contributed by atoms with Crippen LogP contribution in [0.1, 0.15) is 303 Å². The predicted molar refractivity (Wildman–Crippen MR) is 453 cm³/mol. The van der Waals surface area contributed by atoms with Crippen molar-refractivity contribution in [2.45, 2.75) is 282 Å². The Morgan fingerprint density at radius 3 is 1.02 bits per heavy atom. The second-order valence-corrected chi connectivity index (χ2v) is 39.1. The topological polar surface area (TPSA) is 59.9 Å². The van der Waals surface area contributed by atoms with E-state index in [0.717, 1.165) is 71.3 Å². The van der Waals surface area contributed by atoms with Gasteiger partial charge in [-0.3, -0.25) is 0 Å². The second-order valence-electron chi connectivity index (χ2n) is 30.2. The average Bonchev–Trinajstić information content (AvgIpc) is 1.50. The van der Waals surface area contributed by atoms with Gasteiger partial charge < -0.3 is 0 Å². The van der Waals surface area contributed by atoms with Crippen LogP contribution in [0.5, 0.6) is 0 Å². The predicted octanol–water partition coefficient (Wildman–Crippen LogP) is 29.4. The monoisotopic (exact) mass is 1500 g/mol. The van der Waals surface area contributed by atoms with Crippen LogP contribution >= 0.6 is 68.0 Å². The summed E-state index contributed by atoms with van der Waals surface area (Å²) in [6.07, 6.45) is 39.0. The van der Waals surface area contributed by atoms with Crippen molar-refractivity contribution in [3.05, 3.63) is 203 Å². The number of aryl methyl sites for hydroxylation is 7. The highest BCUT2D eigenvalue weighted by Gasteiger charge is 2.53. The number of thiophene rings is 4. The molecule has 6 aromatic heterocycles. The van der Waals surface area contributed by atoms with Crippen LogP contribution in [-0.2, 0) is 52.8 Å². The van der Waals surface area contributed by atoms with E-state index in [0.29, 0.717) is 6.42 Å². The molecule has 0 atom stereocenters. The molecule has 11 heteroatoms. The number of hydrogen-bond donors (Lipinski definition) is 0.